The average Bonchev–Trinajstić information content (AvgIpc) is 2.63. The first-order valence-corrected chi connectivity index (χ1v) is 8.78. The third-order valence-corrected chi connectivity index (χ3v) is 4.12. The molecule has 0 aliphatic carbocycles. The first-order chi connectivity index (χ1) is 12.5. The number of ether oxygens (including phenoxy) is 2. The summed E-state index contributed by atoms with van der Waals surface area (Å²) in [5.41, 5.74) is 5.04. The molecular weight excluding hydrogens is 453 g/mol. The van der Waals surface area contributed by atoms with Crippen LogP contribution < -0.4 is 20.1 Å². The number of halogens is 1. The van der Waals surface area contributed by atoms with E-state index in [1.165, 1.54) is 16.7 Å². The minimum atomic E-state index is 0. The third-order valence-electron chi connectivity index (χ3n) is 4.12. The number of methoxy groups -OCH3 is 2. The lowest BCUT2D eigenvalue weighted by atomic mass is 10.1. The van der Waals surface area contributed by atoms with Gasteiger partial charge in [-0.1, -0.05) is 35.4 Å². The van der Waals surface area contributed by atoms with Crippen molar-refractivity contribution in [3.8, 4) is 11.5 Å². The summed E-state index contributed by atoms with van der Waals surface area (Å²) in [6.45, 7) is 5.75. The zero-order valence-electron chi connectivity index (χ0n) is 16.8. The van der Waals surface area contributed by atoms with Crippen molar-refractivity contribution in [3.05, 3.63) is 58.7 Å². The molecule has 0 amide bonds. The lowest BCUT2D eigenvalue weighted by Crippen LogP contribution is -2.37. The van der Waals surface area contributed by atoms with E-state index in [9.17, 15) is 0 Å². The van der Waals surface area contributed by atoms with Crippen LogP contribution in [0.5, 0.6) is 11.5 Å². The van der Waals surface area contributed by atoms with Crippen molar-refractivity contribution in [1.29, 1.82) is 0 Å². The van der Waals surface area contributed by atoms with Gasteiger partial charge in [0.05, 0.1) is 14.2 Å². The summed E-state index contributed by atoms with van der Waals surface area (Å²) in [5.74, 6) is 2.24. The SMILES string of the molecule is CN=C(NCCc1cc(C)cc(C)c1)NCc1ccc(OC)c(OC)c1.I. The molecule has 6 heteroatoms. The number of hydrogen-bond donors (Lipinski definition) is 2. The van der Waals surface area contributed by atoms with Gasteiger partial charge in [-0.3, -0.25) is 4.99 Å². The van der Waals surface area contributed by atoms with Crippen LogP contribution in [0.2, 0.25) is 0 Å². The summed E-state index contributed by atoms with van der Waals surface area (Å²) < 4.78 is 10.6. The molecule has 0 unspecified atom stereocenters. The van der Waals surface area contributed by atoms with Crippen molar-refractivity contribution in [2.24, 2.45) is 4.99 Å². The van der Waals surface area contributed by atoms with Crippen LogP contribution in [0.15, 0.2) is 41.4 Å². The molecule has 2 rings (SSSR count). The molecule has 27 heavy (non-hydrogen) atoms. The van der Waals surface area contributed by atoms with E-state index in [4.69, 9.17) is 9.47 Å². The fourth-order valence-corrected chi connectivity index (χ4v) is 2.94. The van der Waals surface area contributed by atoms with E-state index < -0.39 is 0 Å². The molecule has 0 aromatic heterocycles. The van der Waals surface area contributed by atoms with E-state index in [1.54, 1.807) is 21.3 Å². The van der Waals surface area contributed by atoms with Crippen molar-refractivity contribution in [2.75, 3.05) is 27.8 Å². The standard InChI is InChI=1S/C21H29N3O2.HI/c1-15-10-16(2)12-17(11-15)8-9-23-21(22-3)24-14-18-6-7-19(25-4)20(13-18)26-5;/h6-7,10-13H,8-9,14H2,1-5H3,(H2,22,23,24);1H. The first kappa shape index (κ1) is 23.1. The minimum absolute atomic E-state index is 0. The number of guanidine groups is 1. The van der Waals surface area contributed by atoms with Gasteiger partial charge in [0.15, 0.2) is 17.5 Å². The van der Waals surface area contributed by atoms with E-state index in [-0.39, 0.29) is 24.0 Å². The highest BCUT2D eigenvalue weighted by molar-refractivity contribution is 14.0. The predicted octanol–water partition coefficient (Wildman–Crippen LogP) is 3.85. The van der Waals surface area contributed by atoms with Gasteiger partial charge in [0.1, 0.15) is 0 Å². The lowest BCUT2D eigenvalue weighted by molar-refractivity contribution is 0.354. The number of nitrogens with zero attached hydrogens (tertiary/aromatic N) is 1. The van der Waals surface area contributed by atoms with Gasteiger partial charge in [-0.15, -0.1) is 24.0 Å². The molecule has 0 atom stereocenters. The molecule has 0 fully saturated rings. The molecule has 0 bridgehead atoms. The van der Waals surface area contributed by atoms with Crippen molar-refractivity contribution in [1.82, 2.24) is 10.6 Å². The van der Waals surface area contributed by atoms with Crippen LogP contribution in [0.4, 0.5) is 0 Å². The minimum Gasteiger partial charge on any atom is -0.493 e. The number of aryl methyl sites for hydroxylation is 2. The van der Waals surface area contributed by atoms with E-state index in [1.807, 2.05) is 18.2 Å². The van der Waals surface area contributed by atoms with Gasteiger partial charge in [-0.2, -0.15) is 0 Å². The van der Waals surface area contributed by atoms with Gasteiger partial charge in [-0.05, 0) is 43.5 Å². The van der Waals surface area contributed by atoms with Crippen molar-refractivity contribution < 1.29 is 9.47 Å². The lowest BCUT2D eigenvalue weighted by Gasteiger charge is -2.14. The fourth-order valence-electron chi connectivity index (χ4n) is 2.94. The van der Waals surface area contributed by atoms with Crippen LogP contribution in [0.3, 0.4) is 0 Å². The summed E-state index contributed by atoms with van der Waals surface area (Å²) in [6.07, 6.45) is 0.958. The highest BCUT2D eigenvalue weighted by atomic mass is 127. The van der Waals surface area contributed by atoms with Gasteiger partial charge >= 0.3 is 0 Å². The molecule has 0 aliphatic heterocycles. The van der Waals surface area contributed by atoms with Gasteiger partial charge in [0.2, 0.25) is 0 Å². The second-order valence-electron chi connectivity index (χ2n) is 6.29. The Morgan fingerprint density at radius 3 is 2.15 bits per heavy atom. The summed E-state index contributed by atoms with van der Waals surface area (Å²) in [7, 11) is 5.06. The normalized spacial score (nSPS) is 10.8. The van der Waals surface area contributed by atoms with Crippen molar-refractivity contribution in [3.63, 3.8) is 0 Å². The molecule has 0 saturated heterocycles. The predicted molar refractivity (Wildman–Crippen MR) is 123 cm³/mol. The molecule has 0 spiro atoms. The Morgan fingerprint density at radius 1 is 0.889 bits per heavy atom. The summed E-state index contributed by atoms with van der Waals surface area (Å²) in [4.78, 5) is 4.28. The fraction of sp³-hybridized carbons (Fsp3) is 0.381. The molecule has 2 aromatic rings. The van der Waals surface area contributed by atoms with E-state index in [0.29, 0.717) is 6.54 Å². The quantitative estimate of drug-likeness (QED) is 0.357. The average molecular weight is 483 g/mol. The Bertz CT molecular complexity index is 743. The van der Waals surface area contributed by atoms with Crippen LogP contribution in [-0.4, -0.2) is 33.8 Å². The Balaban J connectivity index is 0.00000364. The third kappa shape index (κ3) is 7.28. The highest BCUT2D eigenvalue weighted by Gasteiger charge is 2.05. The zero-order valence-corrected chi connectivity index (χ0v) is 19.1. The van der Waals surface area contributed by atoms with Gasteiger partial charge in [-0.25, -0.2) is 0 Å². The number of hydrogen-bond acceptors (Lipinski definition) is 3. The Labute approximate surface area is 179 Å². The Morgan fingerprint density at radius 2 is 1.56 bits per heavy atom. The molecule has 148 valence electrons. The topological polar surface area (TPSA) is 54.9 Å². The van der Waals surface area contributed by atoms with E-state index >= 15 is 0 Å². The molecule has 2 N–H and O–H groups in total. The van der Waals surface area contributed by atoms with Crippen LogP contribution in [-0.2, 0) is 13.0 Å². The maximum atomic E-state index is 5.34. The van der Waals surface area contributed by atoms with E-state index in [2.05, 4.69) is 47.7 Å². The van der Waals surface area contributed by atoms with Crippen LogP contribution in [0.1, 0.15) is 22.3 Å². The maximum absolute atomic E-state index is 5.34. The Hall–Kier alpha value is -1.96. The summed E-state index contributed by atoms with van der Waals surface area (Å²) >= 11 is 0. The number of nitrogens with one attached hydrogen (secondary N) is 2. The monoisotopic (exact) mass is 483 g/mol. The number of aliphatic imine (C=N–C) groups is 1. The van der Waals surface area contributed by atoms with Gasteiger partial charge in [0.25, 0.3) is 0 Å². The molecular formula is C21H30IN3O2. The van der Waals surface area contributed by atoms with Crippen LogP contribution in [0.25, 0.3) is 0 Å². The first-order valence-electron chi connectivity index (χ1n) is 8.78. The molecule has 2 aromatic carbocycles. The van der Waals surface area contributed by atoms with Crippen LogP contribution in [0, 0.1) is 13.8 Å². The smallest absolute Gasteiger partial charge is 0.191 e. The molecule has 0 aliphatic rings. The second-order valence-corrected chi connectivity index (χ2v) is 6.29. The summed E-state index contributed by atoms with van der Waals surface area (Å²) in [5, 5.41) is 6.69. The van der Waals surface area contributed by atoms with Crippen molar-refractivity contribution in [2.45, 2.75) is 26.8 Å². The van der Waals surface area contributed by atoms with Gasteiger partial charge in [0, 0.05) is 20.1 Å². The molecule has 0 saturated carbocycles. The molecule has 0 heterocycles. The zero-order chi connectivity index (χ0) is 18.9. The number of benzene rings is 2. The van der Waals surface area contributed by atoms with E-state index in [0.717, 1.165) is 36.0 Å². The maximum Gasteiger partial charge on any atom is 0.191 e. The molecule has 5 nitrogen and oxygen atoms in total. The summed E-state index contributed by atoms with van der Waals surface area (Å²) in [6, 6.07) is 12.5. The number of rotatable bonds is 7. The van der Waals surface area contributed by atoms with Crippen molar-refractivity contribution >= 4 is 29.9 Å². The second kappa shape index (κ2) is 11.7. The Kier molecular flexibility index (Phi) is 9.99. The van der Waals surface area contributed by atoms with Gasteiger partial charge < -0.3 is 20.1 Å². The molecule has 0 radical (unpaired) electrons. The largest absolute Gasteiger partial charge is 0.493 e. The highest BCUT2D eigenvalue weighted by Crippen LogP contribution is 2.27. The van der Waals surface area contributed by atoms with Crippen LogP contribution >= 0.6 is 24.0 Å².